The summed E-state index contributed by atoms with van der Waals surface area (Å²) in [5.41, 5.74) is 1.07. The third-order valence-electron chi connectivity index (χ3n) is 3.99. The molecule has 0 bridgehead atoms. The van der Waals surface area contributed by atoms with Crippen LogP contribution in [0.2, 0.25) is 0 Å². The van der Waals surface area contributed by atoms with Crippen LogP contribution < -0.4 is 4.74 Å². The van der Waals surface area contributed by atoms with Crippen molar-refractivity contribution >= 4 is 0 Å². The third-order valence-corrected chi connectivity index (χ3v) is 3.99. The second kappa shape index (κ2) is 5.63. The summed E-state index contributed by atoms with van der Waals surface area (Å²) in [6.45, 7) is 4.50. The van der Waals surface area contributed by atoms with Crippen molar-refractivity contribution in [1.82, 2.24) is 19.7 Å². The van der Waals surface area contributed by atoms with Crippen molar-refractivity contribution in [2.24, 2.45) is 0 Å². The molecule has 1 saturated heterocycles. The smallest absolute Gasteiger partial charge is 0.154 e. The third kappa shape index (κ3) is 2.41. The van der Waals surface area contributed by atoms with Crippen molar-refractivity contribution in [2.45, 2.75) is 25.8 Å². The van der Waals surface area contributed by atoms with Gasteiger partial charge in [0.1, 0.15) is 12.1 Å². The van der Waals surface area contributed by atoms with E-state index in [1.165, 1.54) is 12.8 Å². The van der Waals surface area contributed by atoms with Crippen LogP contribution >= 0.6 is 0 Å². The maximum absolute atomic E-state index is 5.20. The van der Waals surface area contributed by atoms with Gasteiger partial charge in [-0.15, -0.1) is 10.2 Å². The van der Waals surface area contributed by atoms with Crippen molar-refractivity contribution < 1.29 is 4.74 Å². The van der Waals surface area contributed by atoms with Gasteiger partial charge >= 0.3 is 0 Å². The van der Waals surface area contributed by atoms with Gasteiger partial charge in [-0.25, -0.2) is 0 Å². The van der Waals surface area contributed by atoms with Crippen LogP contribution in [0.5, 0.6) is 5.75 Å². The Morgan fingerprint density at radius 1 is 1.15 bits per heavy atom. The number of aromatic nitrogens is 3. The Balaban J connectivity index is 1.88. The number of ether oxygens (including phenoxy) is 1. The average molecular weight is 272 g/mol. The van der Waals surface area contributed by atoms with Crippen LogP contribution in [0.1, 0.15) is 31.6 Å². The summed E-state index contributed by atoms with van der Waals surface area (Å²) in [5, 5.41) is 8.41. The Kier molecular flexibility index (Phi) is 3.69. The van der Waals surface area contributed by atoms with E-state index in [1.54, 1.807) is 13.4 Å². The molecule has 0 saturated carbocycles. The fourth-order valence-corrected chi connectivity index (χ4v) is 2.76. The van der Waals surface area contributed by atoms with E-state index in [-0.39, 0.29) is 0 Å². The standard InChI is InChI=1S/C15H20N4O/c1-12(18-9-3-4-10-18)15-17-16-11-19(15)13-5-7-14(20-2)8-6-13/h5-8,11-12H,3-4,9-10H2,1-2H3/t12-/m0/s1. The van der Waals surface area contributed by atoms with Crippen molar-refractivity contribution in [1.29, 1.82) is 0 Å². The summed E-state index contributed by atoms with van der Waals surface area (Å²) in [4.78, 5) is 2.46. The van der Waals surface area contributed by atoms with Crippen LogP contribution in [-0.4, -0.2) is 39.9 Å². The normalized spacial score (nSPS) is 17.3. The average Bonchev–Trinajstić information content (AvgIpc) is 3.18. The quantitative estimate of drug-likeness (QED) is 0.857. The van der Waals surface area contributed by atoms with E-state index in [0.29, 0.717) is 6.04 Å². The molecule has 106 valence electrons. The first-order chi connectivity index (χ1) is 9.79. The van der Waals surface area contributed by atoms with Gasteiger partial charge in [-0.3, -0.25) is 9.47 Å². The molecule has 5 nitrogen and oxygen atoms in total. The molecule has 1 aliphatic rings. The molecule has 0 N–H and O–H groups in total. The molecule has 2 aromatic rings. The summed E-state index contributed by atoms with van der Waals surface area (Å²) < 4.78 is 7.25. The lowest BCUT2D eigenvalue weighted by atomic mass is 10.2. The van der Waals surface area contributed by atoms with E-state index in [1.807, 2.05) is 24.3 Å². The Hall–Kier alpha value is -1.88. The molecule has 0 aliphatic carbocycles. The largest absolute Gasteiger partial charge is 0.497 e. The molecular formula is C15H20N4O. The first-order valence-electron chi connectivity index (χ1n) is 7.08. The molecule has 1 aromatic carbocycles. The first kappa shape index (κ1) is 13.1. The molecule has 1 aromatic heterocycles. The molecule has 20 heavy (non-hydrogen) atoms. The number of rotatable bonds is 4. The highest BCUT2D eigenvalue weighted by Gasteiger charge is 2.23. The predicted octanol–water partition coefficient (Wildman–Crippen LogP) is 2.43. The van der Waals surface area contributed by atoms with Gasteiger partial charge in [-0.05, 0) is 57.1 Å². The molecule has 5 heteroatoms. The van der Waals surface area contributed by atoms with Crippen LogP contribution in [-0.2, 0) is 0 Å². The number of hydrogen-bond donors (Lipinski definition) is 0. The molecule has 2 heterocycles. The predicted molar refractivity (Wildman–Crippen MR) is 77.1 cm³/mol. The minimum Gasteiger partial charge on any atom is -0.497 e. The van der Waals surface area contributed by atoms with E-state index in [2.05, 4.69) is 26.6 Å². The highest BCUT2D eigenvalue weighted by Crippen LogP contribution is 2.25. The monoisotopic (exact) mass is 272 g/mol. The zero-order valence-corrected chi connectivity index (χ0v) is 12.0. The fraction of sp³-hybridized carbons (Fsp3) is 0.467. The lowest BCUT2D eigenvalue weighted by Gasteiger charge is -2.23. The van der Waals surface area contributed by atoms with Gasteiger partial charge in [-0.2, -0.15) is 0 Å². The lowest BCUT2D eigenvalue weighted by molar-refractivity contribution is 0.251. The molecular weight excluding hydrogens is 252 g/mol. The van der Waals surface area contributed by atoms with Gasteiger partial charge in [-0.1, -0.05) is 0 Å². The van der Waals surface area contributed by atoms with Crippen LogP contribution in [0, 0.1) is 0 Å². The van der Waals surface area contributed by atoms with Gasteiger partial charge in [0.25, 0.3) is 0 Å². The van der Waals surface area contributed by atoms with E-state index < -0.39 is 0 Å². The van der Waals surface area contributed by atoms with Crippen molar-refractivity contribution in [3.05, 3.63) is 36.4 Å². The van der Waals surface area contributed by atoms with Crippen LogP contribution in [0.25, 0.3) is 5.69 Å². The van der Waals surface area contributed by atoms with Crippen LogP contribution in [0.15, 0.2) is 30.6 Å². The van der Waals surface area contributed by atoms with Crippen LogP contribution in [0.3, 0.4) is 0 Å². The van der Waals surface area contributed by atoms with Gasteiger partial charge in [0.05, 0.1) is 13.2 Å². The topological polar surface area (TPSA) is 43.2 Å². The Morgan fingerprint density at radius 2 is 1.85 bits per heavy atom. The first-order valence-corrected chi connectivity index (χ1v) is 7.08. The molecule has 1 atom stereocenters. The van der Waals surface area contributed by atoms with E-state index in [9.17, 15) is 0 Å². The Bertz CT molecular complexity index is 558. The van der Waals surface area contributed by atoms with Gasteiger partial charge in [0.15, 0.2) is 5.82 Å². The van der Waals surface area contributed by atoms with E-state index >= 15 is 0 Å². The van der Waals surface area contributed by atoms with Crippen LogP contribution in [0.4, 0.5) is 0 Å². The number of likely N-dealkylation sites (tertiary alicyclic amines) is 1. The van der Waals surface area contributed by atoms with Crippen molar-refractivity contribution in [3.63, 3.8) is 0 Å². The lowest BCUT2D eigenvalue weighted by Crippen LogP contribution is -2.25. The van der Waals surface area contributed by atoms with Gasteiger partial charge in [0, 0.05) is 5.69 Å². The minimum atomic E-state index is 0.294. The van der Waals surface area contributed by atoms with Gasteiger partial charge in [0.2, 0.25) is 0 Å². The van der Waals surface area contributed by atoms with E-state index in [0.717, 1.165) is 30.4 Å². The summed E-state index contributed by atoms with van der Waals surface area (Å²) in [7, 11) is 1.68. The molecule has 0 radical (unpaired) electrons. The minimum absolute atomic E-state index is 0.294. The molecule has 1 fully saturated rings. The molecule has 0 unspecified atom stereocenters. The summed E-state index contributed by atoms with van der Waals surface area (Å²) in [5.74, 6) is 1.85. The zero-order chi connectivity index (χ0) is 13.9. The molecule has 0 spiro atoms. The summed E-state index contributed by atoms with van der Waals surface area (Å²) in [6.07, 6.45) is 4.34. The maximum atomic E-state index is 5.20. The summed E-state index contributed by atoms with van der Waals surface area (Å²) in [6, 6.07) is 8.27. The molecule has 0 amide bonds. The second-order valence-electron chi connectivity index (χ2n) is 5.18. The SMILES string of the molecule is COc1ccc(-n2cnnc2[C@H](C)N2CCCC2)cc1. The highest BCUT2D eigenvalue weighted by atomic mass is 16.5. The zero-order valence-electron chi connectivity index (χ0n) is 12.0. The fourth-order valence-electron chi connectivity index (χ4n) is 2.76. The number of methoxy groups -OCH3 is 1. The van der Waals surface area contributed by atoms with Gasteiger partial charge < -0.3 is 4.74 Å². The number of benzene rings is 1. The van der Waals surface area contributed by atoms with Crippen molar-refractivity contribution in [2.75, 3.05) is 20.2 Å². The maximum Gasteiger partial charge on any atom is 0.154 e. The molecule has 3 rings (SSSR count). The molecule has 1 aliphatic heterocycles. The summed E-state index contributed by atoms with van der Waals surface area (Å²) >= 11 is 0. The van der Waals surface area contributed by atoms with E-state index in [4.69, 9.17) is 4.74 Å². The number of nitrogens with zero attached hydrogens (tertiary/aromatic N) is 4. The van der Waals surface area contributed by atoms with Crippen molar-refractivity contribution in [3.8, 4) is 11.4 Å². The Labute approximate surface area is 119 Å². The highest BCUT2D eigenvalue weighted by molar-refractivity contribution is 5.38. The number of hydrogen-bond acceptors (Lipinski definition) is 4. The Morgan fingerprint density at radius 3 is 2.50 bits per heavy atom. The second-order valence-corrected chi connectivity index (χ2v) is 5.18.